The Balaban J connectivity index is 1.65. The molecule has 14 nitrogen and oxygen atoms in total. The molecule has 0 spiro atoms. The summed E-state index contributed by atoms with van der Waals surface area (Å²) >= 11 is 0. The number of carbonyl (C=O) groups is 5. The first kappa shape index (κ1) is 32.2. The number of nitrogens with two attached hydrogens (primary N) is 1. The molecule has 1 fully saturated rings. The minimum atomic E-state index is -2.80. The maximum Gasteiger partial charge on any atom is 0.326 e. The fourth-order valence-electron chi connectivity index (χ4n) is 7.08. The molecule has 0 aliphatic heterocycles. The molecule has 0 heterocycles. The van der Waals surface area contributed by atoms with Gasteiger partial charge in [0.1, 0.15) is 17.1 Å². The van der Waals surface area contributed by atoms with Gasteiger partial charge in [-0.1, -0.05) is 25.1 Å². The number of benzene rings is 2. The molecule has 46 heavy (non-hydrogen) atoms. The van der Waals surface area contributed by atoms with Crippen molar-refractivity contribution in [2.45, 2.75) is 31.4 Å². The van der Waals surface area contributed by atoms with E-state index in [9.17, 15) is 44.4 Å². The summed E-state index contributed by atoms with van der Waals surface area (Å²) in [7, 11) is 6.43. The number of nitrogens with zero attached hydrogens (tertiary/aromatic N) is 2. The Morgan fingerprint density at radius 3 is 2.22 bits per heavy atom. The Hall–Kier alpha value is -5.21. The molecule has 3 aliphatic rings. The number of hydrogen-bond acceptors (Lipinski definition) is 11. The summed E-state index contributed by atoms with van der Waals surface area (Å²) in [5, 5.41) is 50.7. The second-order valence-electron chi connectivity index (χ2n) is 12.5. The highest BCUT2D eigenvalue weighted by Gasteiger charge is 2.66. The van der Waals surface area contributed by atoms with Gasteiger partial charge in [0, 0.05) is 42.3 Å². The van der Waals surface area contributed by atoms with Crippen LogP contribution >= 0.6 is 0 Å². The third-order valence-electron chi connectivity index (χ3n) is 9.10. The lowest BCUT2D eigenvalue weighted by molar-refractivity contribution is -0.156. The number of imide groups is 1. The second kappa shape index (κ2) is 11.0. The maximum absolute atomic E-state index is 14.3. The van der Waals surface area contributed by atoms with Gasteiger partial charge in [-0.05, 0) is 50.7 Å². The standard InChI is InChI=1S/C32H35N5O9/c1-31-12-15-18(36(2)3)11-17(34-30(45)35-29(44)14-9-7-6-8-10-14)23(38)19(15)24(39)21(31)27(42)32(46)16(13-31)22(37(4)5)25(40)20(26(32)41)28(33)43/h6-11,16,22,38-39,41,46H,12-13H2,1-5H3,(H2,33,43)(H2,34,35,44,45)/t16-,22-,31-,32+/m0/s1. The smallest absolute Gasteiger partial charge is 0.326 e. The first-order valence-corrected chi connectivity index (χ1v) is 14.3. The number of hydrogen-bond donors (Lipinski definition) is 7. The number of fused-ring (bicyclic) bond motifs is 3. The molecule has 0 unspecified atom stereocenters. The Morgan fingerprint density at radius 2 is 1.65 bits per heavy atom. The minimum Gasteiger partial charge on any atom is -0.508 e. The molecule has 14 heteroatoms. The van der Waals surface area contributed by atoms with Gasteiger partial charge in [-0.15, -0.1) is 0 Å². The van der Waals surface area contributed by atoms with Crippen molar-refractivity contribution < 1.29 is 44.4 Å². The number of likely N-dealkylation sites (N-methyl/N-ethyl adjacent to an activating group) is 1. The van der Waals surface area contributed by atoms with Crippen molar-refractivity contribution in [1.29, 1.82) is 0 Å². The maximum atomic E-state index is 14.3. The van der Waals surface area contributed by atoms with Crippen molar-refractivity contribution >= 4 is 46.5 Å². The fraction of sp³-hybridized carbons (Fsp3) is 0.344. The van der Waals surface area contributed by atoms with Crippen LogP contribution in [0.15, 0.2) is 53.3 Å². The normalized spacial score (nSPS) is 25.5. The summed E-state index contributed by atoms with van der Waals surface area (Å²) < 4.78 is 0. The van der Waals surface area contributed by atoms with Crippen molar-refractivity contribution in [3.8, 4) is 5.75 Å². The van der Waals surface area contributed by atoms with E-state index in [1.165, 1.54) is 37.2 Å². The molecule has 0 bridgehead atoms. The lowest BCUT2D eigenvalue weighted by Gasteiger charge is -2.54. The van der Waals surface area contributed by atoms with Crippen molar-refractivity contribution in [2.24, 2.45) is 17.1 Å². The zero-order valence-electron chi connectivity index (χ0n) is 25.8. The van der Waals surface area contributed by atoms with Crippen LogP contribution in [0.25, 0.3) is 5.76 Å². The number of primary amides is 1. The Morgan fingerprint density at radius 1 is 1.02 bits per heavy atom. The zero-order chi connectivity index (χ0) is 34.0. The predicted octanol–water partition coefficient (Wildman–Crippen LogP) is 1.38. The lowest BCUT2D eigenvalue weighted by Crippen LogP contribution is -2.67. The molecular weight excluding hydrogens is 598 g/mol. The number of nitrogens with one attached hydrogen (secondary N) is 2. The number of Topliss-reactive ketones (excluding diaryl/α,β-unsaturated/α-hetero) is 2. The molecule has 8 N–H and O–H groups in total. The first-order chi connectivity index (χ1) is 21.4. The Kier molecular flexibility index (Phi) is 7.69. The quantitative estimate of drug-likeness (QED) is 0.184. The van der Waals surface area contributed by atoms with Crippen molar-refractivity contribution in [1.82, 2.24) is 10.2 Å². The minimum absolute atomic E-state index is 0.0293. The number of aromatic hydroxyl groups is 1. The summed E-state index contributed by atoms with van der Waals surface area (Å²) in [6.07, 6.45) is -0.0714. The molecule has 4 amide bonds. The number of anilines is 2. The topological polar surface area (TPSA) is 223 Å². The molecule has 0 radical (unpaired) electrons. The molecule has 1 saturated carbocycles. The highest BCUT2D eigenvalue weighted by Crippen LogP contribution is 2.59. The van der Waals surface area contributed by atoms with Gasteiger partial charge in [0.05, 0.1) is 17.3 Å². The molecular formula is C32H35N5O9. The van der Waals surface area contributed by atoms with Crippen LogP contribution in [0.2, 0.25) is 0 Å². The third kappa shape index (κ3) is 4.68. The molecule has 0 saturated heterocycles. The number of phenols is 1. The highest BCUT2D eigenvalue weighted by molar-refractivity contribution is 6.24. The predicted molar refractivity (Wildman–Crippen MR) is 166 cm³/mol. The van der Waals surface area contributed by atoms with Gasteiger partial charge in [-0.2, -0.15) is 0 Å². The van der Waals surface area contributed by atoms with E-state index in [0.717, 1.165) is 0 Å². The van der Waals surface area contributed by atoms with E-state index in [1.54, 1.807) is 44.1 Å². The van der Waals surface area contributed by atoms with E-state index in [1.807, 2.05) is 0 Å². The average molecular weight is 634 g/mol. The first-order valence-electron chi connectivity index (χ1n) is 14.3. The molecule has 5 rings (SSSR count). The number of rotatable bonds is 5. The monoisotopic (exact) mass is 633 g/mol. The number of ketones is 2. The summed E-state index contributed by atoms with van der Waals surface area (Å²) in [5.41, 5.74) is 0.746. The van der Waals surface area contributed by atoms with Gasteiger partial charge in [0.25, 0.3) is 11.8 Å². The van der Waals surface area contributed by atoms with Gasteiger partial charge in [0.2, 0.25) is 5.78 Å². The van der Waals surface area contributed by atoms with E-state index < -0.39 is 75.2 Å². The SMILES string of the molecule is CN(C)c1cc(NC(=O)NC(=O)c2ccccc2)c(O)c2c1C[C@@]1(C)C[C@H]3[C@H](N(C)C)C(=O)C(C(N)=O)=C(O)[C@@]3(O)C(=O)C1=C2O. The molecule has 2 aromatic rings. The number of amides is 4. The number of carbonyl (C=O) groups excluding carboxylic acids is 5. The van der Waals surface area contributed by atoms with Crippen LogP contribution in [0.5, 0.6) is 5.75 Å². The molecule has 3 aliphatic carbocycles. The fourth-order valence-corrected chi connectivity index (χ4v) is 7.08. The summed E-state index contributed by atoms with van der Waals surface area (Å²) in [4.78, 5) is 68.3. The second-order valence-corrected chi connectivity index (χ2v) is 12.5. The van der Waals surface area contributed by atoms with Crippen molar-refractivity contribution in [2.75, 3.05) is 38.4 Å². The van der Waals surface area contributed by atoms with Gasteiger partial charge < -0.3 is 36.4 Å². The molecule has 2 aromatic carbocycles. The van der Waals surface area contributed by atoms with Gasteiger partial charge in [-0.25, -0.2) is 4.79 Å². The highest BCUT2D eigenvalue weighted by atomic mass is 16.3. The lowest BCUT2D eigenvalue weighted by atomic mass is 9.52. The average Bonchev–Trinajstić information content (AvgIpc) is 2.96. The van der Waals surface area contributed by atoms with E-state index in [2.05, 4.69) is 10.6 Å². The van der Waals surface area contributed by atoms with E-state index in [4.69, 9.17) is 5.73 Å². The van der Waals surface area contributed by atoms with Gasteiger partial charge >= 0.3 is 6.03 Å². The number of aliphatic hydroxyl groups excluding tert-OH is 2. The summed E-state index contributed by atoms with van der Waals surface area (Å²) in [5.74, 6) is -7.83. The van der Waals surface area contributed by atoms with Crippen LogP contribution < -0.4 is 21.3 Å². The van der Waals surface area contributed by atoms with Crippen LogP contribution in [0.4, 0.5) is 16.2 Å². The van der Waals surface area contributed by atoms with Crippen LogP contribution in [0.1, 0.15) is 34.8 Å². The molecule has 242 valence electrons. The summed E-state index contributed by atoms with van der Waals surface area (Å²) in [6.45, 7) is 1.66. The largest absolute Gasteiger partial charge is 0.508 e. The van der Waals surface area contributed by atoms with Crippen LogP contribution in [0.3, 0.4) is 0 Å². The zero-order valence-corrected chi connectivity index (χ0v) is 25.8. The van der Waals surface area contributed by atoms with Crippen LogP contribution in [-0.4, -0.2) is 94.6 Å². The Labute approximate surface area is 263 Å². The van der Waals surface area contributed by atoms with Crippen LogP contribution in [0, 0.1) is 11.3 Å². The Bertz CT molecular complexity index is 1780. The molecule has 0 aromatic heterocycles. The third-order valence-corrected chi connectivity index (χ3v) is 9.10. The number of phenolic OH excluding ortho intramolecular Hbond substituents is 1. The van der Waals surface area contributed by atoms with Gasteiger partial charge in [-0.3, -0.25) is 29.4 Å². The van der Waals surface area contributed by atoms with Crippen molar-refractivity contribution in [3.63, 3.8) is 0 Å². The molecule has 4 atom stereocenters. The van der Waals surface area contributed by atoms with E-state index in [-0.39, 0.29) is 35.2 Å². The van der Waals surface area contributed by atoms with Crippen molar-refractivity contribution in [3.05, 3.63) is 70.0 Å². The number of urea groups is 1. The van der Waals surface area contributed by atoms with E-state index >= 15 is 0 Å². The summed E-state index contributed by atoms with van der Waals surface area (Å²) in [6, 6.07) is 7.20. The van der Waals surface area contributed by atoms with Gasteiger partial charge in [0.15, 0.2) is 17.1 Å². The number of aliphatic hydroxyl groups is 3. The van der Waals surface area contributed by atoms with E-state index in [0.29, 0.717) is 11.3 Å². The van der Waals surface area contributed by atoms with Crippen LogP contribution in [-0.2, 0) is 20.8 Å².